The van der Waals surface area contributed by atoms with E-state index in [0.717, 1.165) is 68.9 Å². The molecule has 0 saturated carbocycles. The standard InChI is InChI=1S/C50H43N6O.Pt/c1-7-32-14-11-17-41-42-18-12-15-33(8-2)48(42)55(47(32)41)35-23-25-51-46(29-35)56-43-19-10-9-16-39(43)40-22-21-37(30-45(40)56)57-38-27-34(50(3,4)5)26-36(28-38)54-31-53(6)44-20-13-24-52-49(44)54;/h9-27,29,31H,7-8H2,1-6H3;/q-3;. The molecule has 10 rings (SSSR count). The minimum atomic E-state index is -0.135. The van der Waals surface area contributed by atoms with Crippen LogP contribution in [0.15, 0.2) is 122 Å². The molecule has 1 aliphatic rings. The van der Waals surface area contributed by atoms with Crippen molar-refractivity contribution in [3.05, 3.63) is 157 Å². The van der Waals surface area contributed by atoms with Crippen LogP contribution >= 0.6 is 0 Å². The number of ether oxygens (including phenoxy) is 1. The second-order valence-corrected chi connectivity index (χ2v) is 15.9. The van der Waals surface area contributed by atoms with Gasteiger partial charge >= 0.3 is 0 Å². The van der Waals surface area contributed by atoms with Gasteiger partial charge in [-0.2, -0.15) is 12.7 Å². The summed E-state index contributed by atoms with van der Waals surface area (Å²) in [5, 5.41) is 4.75. The molecule has 0 unspecified atom stereocenters. The van der Waals surface area contributed by atoms with Crippen LogP contribution in [0.5, 0.6) is 11.5 Å². The summed E-state index contributed by atoms with van der Waals surface area (Å²) in [5.74, 6) is 2.88. The number of anilines is 3. The van der Waals surface area contributed by atoms with E-state index in [1.165, 1.54) is 32.9 Å². The molecule has 0 spiro atoms. The number of hydrogen-bond donors (Lipinski definition) is 0. The summed E-state index contributed by atoms with van der Waals surface area (Å²) in [6, 6.07) is 45.9. The molecule has 4 aromatic heterocycles. The van der Waals surface area contributed by atoms with E-state index in [9.17, 15) is 0 Å². The van der Waals surface area contributed by atoms with E-state index >= 15 is 0 Å². The van der Waals surface area contributed by atoms with E-state index in [1.807, 2.05) is 38.2 Å². The van der Waals surface area contributed by atoms with Crippen LogP contribution in [0.4, 0.5) is 17.2 Å². The molecular formula is C50H43N6OPt-3. The van der Waals surface area contributed by atoms with Crippen molar-refractivity contribution in [2.45, 2.75) is 52.9 Å². The zero-order valence-electron chi connectivity index (χ0n) is 33.4. The van der Waals surface area contributed by atoms with Crippen LogP contribution in [-0.4, -0.2) is 26.1 Å². The quantitative estimate of drug-likeness (QED) is 0.149. The van der Waals surface area contributed by atoms with Crippen LogP contribution in [0.2, 0.25) is 0 Å². The number of pyridine rings is 2. The zero-order chi connectivity index (χ0) is 39.0. The van der Waals surface area contributed by atoms with Gasteiger partial charge in [0.25, 0.3) is 0 Å². The summed E-state index contributed by atoms with van der Waals surface area (Å²) in [5.41, 5.74) is 11.1. The van der Waals surface area contributed by atoms with Crippen LogP contribution in [-0.2, 0) is 39.3 Å². The Hall–Kier alpha value is -5.91. The predicted molar refractivity (Wildman–Crippen MR) is 234 cm³/mol. The van der Waals surface area contributed by atoms with Gasteiger partial charge in [0.1, 0.15) is 11.6 Å². The fourth-order valence-electron chi connectivity index (χ4n) is 8.51. The summed E-state index contributed by atoms with van der Waals surface area (Å²) >= 11 is 0. The minimum Gasteiger partial charge on any atom is -0.509 e. The Morgan fingerprint density at radius 3 is 2.12 bits per heavy atom. The number of fused-ring (bicyclic) bond motifs is 7. The summed E-state index contributed by atoms with van der Waals surface area (Å²) < 4.78 is 11.4. The molecule has 5 heterocycles. The summed E-state index contributed by atoms with van der Waals surface area (Å²) in [6.07, 6.45) is 5.63. The van der Waals surface area contributed by atoms with Crippen LogP contribution < -0.4 is 14.5 Å². The van der Waals surface area contributed by atoms with Crippen molar-refractivity contribution in [3.63, 3.8) is 0 Å². The zero-order valence-corrected chi connectivity index (χ0v) is 35.7. The van der Waals surface area contributed by atoms with Crippen molar-refractivity contribution >= 4 is 60.8 Å². The van der Waals surface area contributed by atoms with Crippen molar-refractivity contribution in [2.75, 3.05) is 16.8 Å². The Bertz CT molecular complexity index is 2970. The monoisotopic (exact) mass is 938 g/mol. The molecule has 58 heavy (non-hydrogen) atoms. The molecule has 292 valence electrons. The first-order valence-electron chi connectivity index (χ1n) is 19.8. The number of aromatic nitrogens is 4. The van der Waals surface area contributed by atoms with Gasteiger partial charge in [0.2, 0.25) is 0 Å². The maximum Gasteiger partial charge on any atom is 0.137 e. The number of benzene rings is 5. The van der Waals surface area contributed by atoms with E-state index < -0.39 is 0 Å². The topological polar surface area (TPSA) is 51.4 Å². The molecule has 0 saturated heterocycles. The number of para-hydroxylation sites is 3. The molecule has 0 fully saturated rings. The summed E-state index contributed by atoms with van der Waals surface area (Å²) in [7, 11) is 2.03. The number of aryl methyl sites for hydroxylation is 2. The van der Waals surface area contributed by atoms with E-state index in [4.69, 9.17) is 14.7 Å². The average molecular weight is 939 g/mol. The van der Waals surface area contributed by atoms with Crippen LogP contribution in [0, 0.1) is 18.8 Å². The van der Waals surface area contributed by atoms with Gasteiger partial charge in [-0.15, -0.1) is 41.3 Å². The molecule has 1 aliphatic heterocycles. The fraction of sp³-hybridized carbons (Fsp3) is 0.180. The third kappa shape index (κ3) is 6.06. The van der Waals surface area contributed by atoms with E-state index in [1.54, 1.807) is 0 Å². The summed E-state index contributed by atoms with van der Waals surface area (Å²) in [6.45, 7) is 13.2. The van der Waals surface area contributed by atoms with Crippen molar-refractivity contribution < 1.29 is 25.8 Å². The number of hydrogen-bond acceptors (Lipinski definition) is 5. The SMILES string of the molecule is CCc1cccc2c3cccc(CC)c3n(-c3ccnc(-n4c5[c-]c(Oc6[c-]c(N7[CH-]N(C)c8cccnc87)cc(C(C)(C)C)c6)ccc5c5ccccc54)c3)c12.[Pt]. The molecule has 0 amide bonds. The Labute approximate surface area is 353 Å². The molecule has 9 aromatic rings. The van der Waals surface area contributed by atoms with Gasteiger partial charge in [-0.1, -0.05) is 100 Å². The maximum absolute atomic E-state index is 6.73. The molecule has 0 bridgehead atoms. The van der Waals surface area contributed by atoms with E-state index in [2.05, 4.69) is 163 Å². The van der Waals surface area contributed by atoms with Crippen molar-refractivity contribution in [3.8, 4) is 23.0 Å². The third-order valence-corrected chi connectivity index (χ3v) is 11.4. The first-order chi connectivity index (χ1) is 27.7. The summed E-state index contributed by atoms with van der Waals surface area (Å²) in [4.78, 5) is 13.9. The first kappa shape index (κ1) is 37.7. The Morgan fingerprint density at radius 2 is 1.40 bits per heavy atom. The minimum absolute atomic E-state index is 0. The molecule has 0 atom stereocenters. The van der Waals surface area contributed by atoms with Gasteiger partial charge in [0.15, 0.2) is 0 Å². The molecular weight excluding hydrogens is 896 g/mol. The number of nitrogens with zero attached hydrogens (tertiary/aromatic N) is 6. The molecule has 8 heteroatoms. The molecule has 5 aromatic carbocycles. The average Bonchev–Trinajstić information content (AvgIpc) is 3.87. The van der Waals surface area contributed by atoms with Gasteiger partial charge in [-0.05, 0) is 66.1 Å². The Balaban J connectivity index is 0.00000436. The van der Waals surface area contributed by atoms with Gasteiger partial charge in [-0.25, -0.2) is 9.97 Å². The Morgan fingerprint density at radius 1 is 0.672 bits per heavy atom. The smallest absolute Gasteiger partial charge is 0.137 e. The van der Waals surface area contributed by atoms with Crippen molar-refractivity contribution in [2.24, 2.45) is 0 Å². The van der Waals surface area contributed by atoms with E-state index in [-0.39, 0.29) is 26.5 Å². The van der Waals surface area contributed by atoms with Crippen LogP contribution in [0.25, 0.3) is 55.1 Å². The molecule has 0 aliphatic carbocycles. The first-order valence-corrected chi connectivity index (χ1v) is 19.8. The number of rotatable bonds is 7. The molecule has 7 nitrogen and oxygen atoms in total. The largest absolute Gasteiger partial charge is 0.509 e. The Kier molecular flexibility index (Phi) is 9.40. The second-order valence-electron chi connectivity index (χ2n) is 15.9. The molecule has 0 radical (unpaired) electrons. The van der Waals surface area contributed by atoms with Crippen LogP contribution in [0.3, 0.4) is 0 Å². The second kappa shape index (κ2) is 14.5. The van der Waals surface area contributed by atoms with Gasteiger partial charge in [-0.3, -0.25) is 0 Å². The third-order valence-electron chi connectivity index (χ3n) is 11.4. The van der Waals surface area contributed by atoms with Crippen LogP contribution in [0.1, 0.15) is 51.3 Å². The van der Waals surface area contributed by atoms with Gasteiger partial charge in [0, 0.05) is 73.0 Å². The van der Waals surface area contributed by atoms with Crippen molar-refractivity contribution in [1.29, 1.82) is 0 Å². The maximum atomic E-state index is 6.73. The molecule has 0 N–H and O–H groups in total. The van der Waals surface area contributed by atoms with Crippen molar-refractivity contribution in [1.82, 2.24) is 19.1 Å². The van der Waals surface area contributed by atoms with E-state index in [0.29, 0.717) is 11.5 Å². The fourth-order valence-corrected chi connectivity index (χ4v) is 8.51. The van der Waals surface area contributed by atoms with Gasteiger partial charge < -0.3 is 23.7 Å². The van der Waals surface area contributed by atoms with Gasteiger partial charge in [0.05, 0.1) is 16.7 Å². The predicted octanol–water partition coefficient (Wildman–Crippen LogP) is 12.2. The normalized spacial score (nSPS) is 12.9.